The molecule has 7 nitrogen and oxygen atoms in total. The van der Waals surface area contributed by atoms with Gasteiger partial charge in [0.1, 0.15) is 0 Å². The van der Waals surface area contributed by atoms with Crippen LogP contribution < -0.4 is 24.8 Å². The Morgan fingerprint density at radius 3 is 2.28 bits per heavy atom. The van der Waals surface area contributed by atoms with E-state index in [0.29, 0.717) is 23.8 Å². The zero-order chi connectivity index (χ0) is 21.4. The Kier molecular flexibility index (Phi) is 8.44. The average Bonchev–Trinajstić information content (AvgIpc) is 2.72. The maximum absolute atomic E-state index is 5.44. The summed E-state index contributed by atoms with van der Waals surface area (Å²) in [5, 5.41) is 6.94. The molecule has 1 aromatic rings. The van der Waals surface area contributed by atoms with Crippen molar-refractivity contribution in [3.8, 4) is 17.2 Å². The van der Waals surface area contributed by atoms with Crippen LogP contribution in [0.2, 0.25) is 0 Å². The van der Waals surface area contributed by atoms with Crippen LogP contribution in [0.25, 0.3) is 0 Å². The van der Waals surface area contributed by atoms with Gasteiger partial charge in [-0.2, -0.15) is 0 Å². The second-order valence-electron chi connectivity index (χ2n) is 8.13. The minimum absolute atomic E-state index is 0.168. The summed E-state index contributed by atoms with van der Waals surface area (Å²) in [6.07, 6.45) is 5.01. The topological polar surface area (TPSA) is 67.4 Å². The van der Waals surface area contributed by atoms with Crippen LogP contribution in [0.3, 0.4) is 0 Å². The molecule has 0 saturated heterocycles. The molecule has 7 heteroatoms. The van der Waals surface area contributed by atoms with Crippen molar-refractivity contribution in [2.24, 2.45) is 10.9 Å². The summed E-state index contributed by atoms with van der Waals surface area (Å²) in [6, 6.07) is 3.90. The molecule has 0 aliphatic heterocycles. The Hall–Kier alpha value is -2.15. The molecule has 0 amide bonds. The van der Waals surface area contributed by atoms with Crippen molar-refractivity contribution in [1.82, 2.24) is 15.5 Å². The van der Waals surface area contributed by atoms with Gasteiger partial charge in [-0.1, -0.05) is 19.8 Å². The average molecular weight is 407 g/mol. The van der Waals surface area contributed by atoms with E-state index in [4.69, 9.17) is 14.2 Å². The van der Waals surface area contributed by atoms with E-state index in [-0.39, 0.29) is 5.54 Å². The summed E-state index contributed by atoms with van der Waals surface area (Å²) in [4.78, 5) is 6.78. The highest BCUT2D eigenvalue weighted by Crippen LogP contribution is 2.38. The number of ether oxygens (including phenoxy) is 3. The maximum atomic E-state index is 5.44. The third-order valence-electron chi connectivity index (χ3n) is 6.01. The molecule has 1 aliphatic carbocycles. The third-order valence-corrected chi connectivity index (χ3v) is 6.01. The Morgan fingerprint density at radius 2 is 1.79 bits per heavy atom. The molecule has 2 N–H and O–H groups in total. The Bertz CT molecular complexity index is 668. The highest BCUT2D eigenvalue weighted by molar-refractivity contribution is 5.79. The van der Waals surface area contributed by atoms with E-state index in [2.05, 4.69) is 41.5 Å². The van der Waals surface area contributed by atoms with E-state index in [0.717, 1.165) is 24.0 Å². The molecule has 1 aromatic carbocycles. The Labute approximate surface area is 175 Å². The first-order valence-corrected chi connectivity index (χ1v) is 10.3. The maximum Gasteiger partial charge on any atom is 0.203 e. The first-order valence-electron chi connectivity index (χ1n) is 10.3. The number of nitrogens with one attached hydrogen (secondary N) is 2. The molecule has 0 radical (unpaired) electrons. The van der Waals surface area contributed by atoms with E-state index < -0.39 is 0 Å². The van der Waals surface area contributed by atoms with Crippen LogP contribution in [0.5, 0.6) is 17.2 Å². The van der Waals surface area contributed by atoms with Gasteiger partial charge in [0.2, 0.25) is 5.75 Å². The SMILES string of the molecule is CN=C(NCc1cc(OC)c(OC)c(OC)c1)NCC1(N(C)C)CCCC(C)C1. The lowest BCUT2D eigenvalue weighted by atomic mass is 9.75. The zero-order valence-electron chi connectivity index (χ0n) is 19.1. The highest BCUT2D eigenvalue weighted by Gasteiger charge is 2.36. The van der Waals surface area contributed by atoms with Gasteiger partial charge < -0.3 is 29.7 Å². The molecule has 0 bridgehead atoms. The van der Waals surface area contributed by atoms with E-state index in [1.54, 1.807) is 28.4 Å². The van der Waals surface area contributed by atoms with Crippen molar-refractivity contribution < 1.29 is 14.2 Å². The van der Waals surface area contributed by atoms with Gasteiger partial charge in [0.15, 0.2) is 17.5 Å². The number of guanidine groups is 1. The highest BCUT2D eigenvalue weighted by atomic mass is 16.5. The molecular weight excluding hydrogens is 368 g/mol. The fraction of sp³-hybridized carbons (Fsp3) is 0.682. The predicted octanol–water partition coefficient (Wildman–Crippen LogP) is 2.89. The zero-order valence-corrected chi connectivity index (χ0v) is 19.1. The van der Waals surface area contributed by atoms with Gasteiger partial charge >= 0.3 is 0 Å². The summed E-state index contributed by atoms with van der Waals surface area (Å²) in [6.45, 7) is 3.83. The number of aliphatic imine (C=N–C) groups is 1. The molecule has 164 valence electrons. The number of methoxy groups -OCH3 is 3. The monoisotopic (exact) mass is 406 g/mol. The second-order valence-corrected chi connectivity index (χ2v) is 8.13. The van der Waals surface area contributed by atoms with Crippen molar-refractivity contribution >= 4 is 5.96 Å². The van der Waals surface area contributed by atoms with Gasteiger partial charge in [-0.3, -0.25) is 4.99 Å². The minimum Gasteiger partial charge on any atom is -0.493 e. The molecule has 1 fully saturated rings. The fourth-order valence-corrected chi connectivity index (χ4v) is 4.25. The molecule has 2 rings (SSSR count). The lowest BCUT2D eigenvalue weighted by molar-refractivity contribution is 0.0795. The number of hydrogen-bond acceptors (Lipinski definition) is 5. The number of hydrogen-bond donors (Lipinski definition) is 2. The van der Waals surface area contributed by atoms with Gasteiger partial charge in [-0.15, -0.1) is 0 Å². The van der Waals surface area contributed by atoms with Gasteiger partial charge in [0, 0.05) is 25.7 Å². The van der Waals surface area contributed by atoms with E-state index in [9.17, 15) is 0 Å². The van der Waals surface area contributed by atoms with Crippen LogP contribution in [0.15, 0.2) is 17.1 Å². The number of likely N-dealkylation sites (N-methyl/N-ethyl adjacent to an activating group) is 1. The van der Waals surface area contributed by atoms with E-state index in [1.807, 2.05) is 12.1 Å². The predicted molar refractivity (Wildman–Crippen MR) is 118 cm³/mol. The van der Waals surface area contributed by atoms with E-state index >= 15 is 0 Å². The second kappa shape index (κ2) is 10.6. The van der Waals surface area contributed by atoms with Crippen LogP contribution in [-0.4, -0.2) is 65.4 Å². The third kappa shape index (κ3) is 5.69. The molecule has 0 spiro atoms. The van der Waals surface area contributed by atoms with Crippen LogP contribution in [0.1, 0.15) is 38.2 Å². The summed E-state index contributed by atoms with van der Waals surface area (Å²) >= 11 is 0. The minimum atomic E-state index is 0.168. The van der Waals surface area contributed by atoms with Crippen LogP contribution in [-0.2, 0) is 6.54 Å². The summed E-state index contributed by atoms with van der Waals surface area (Å²) in [5.74, 6) is 3.43. The molecule has 1 saturated carbocycles. The normalized spacial score (nSPS) is 22.3. The van der Waals surface area contributed by atoms with Crippen LogP contribution in [0.4, 0.5) is 0 Å². The first kappa shape index (κ1) is 23.1. The van der Waals surface area contributed by atoms with Crippen molar-refractivity contribution in [3.63, 3.8) is 0 Å². The standard InChI is InChI=1S/C22H38N4O3/c1-16-9-8-10-22(13-16,26(3)4)15-25-21(23-2)24-14-17-11-18(27-5)20(29-7)19(12-17)28-6/h11-12,16H,8-10,13-15H2,1-7H3,(H2,23,24,25). The molecule has 29 heavy (non-hydrogen) atoms. The van der Waals surface area contributed by atoms with Crippen molar-refractivity contribution in [3.05, 3.63) is 17.7 Å². The summed E-state index contributed by atoms with van der Waals surface area (Å²) in [5.41, 5.74) is 1.19. The van der Waals surface area contributed by atoms with Gasteiger partial charge in [0.25, 0.3) is 0 Å². The van der Waals surface area contributed by atoms with E-state index in [1.165, 1.54) is 25.7 Å². The Morgan fingerprint density at radius 1 is 1.14 bits per heavy atom. The molecule has 2 atom stereocenters. The lowest BCUT2D eigenvalue weighted by Crippen LogP contribution is -2.56. The number of benzene rings is 1. The fourth-order valence-electron chi connectivity index (χ4n) is 4.25. The van der Waals surface area contributed by atoms with Crippen molar-refractivity contribution in [2.45, 2.75) is 44.7 Å². The summed E-state index contributed by atoms with van der Waals surface area (Å²) < 4.78 is 16.3. The molecule has 1 aliphatic rings. The largest absolute Gasteiger partial charge is 0.493 e. The molecule has 0 aromatic heterocycles. The summed E-state index contributed by atoms with van der Waals surface area (Å²) in [7, 11) is 11.0. The number of rotatable bonds is 8. The van der Waals surface area contributed by atoms with Crippen molar-refractivity contribution in [2.75, 3.05) is 49.0 Å². The Balaban J connectivity index is 2.04. The van der Waals surface area contributed by atoms with Crippen LogP contribution >= 0.6 is 0 Å². The van der Waals surface area contributed by atoms with Crippen LogP contribution in [0, 0.1) is 5.92 Å². The van der Waals surface area contributed by atoms with Gasteiger partial charge in [-0.25, -0.2) is 0 Å². The molecule has 0 heterocycles. The first-order chi connectivity index (χ1) is 13.9. The smallest absolute Gasteiger partial charge is 0.203 e. The number of nitrogens with zero attached hydrogens (tertiary/aromatic N) is 2. The molecular formula is C22H38N4O3. The van der Waals surface area contributed by atoms with Crippen molar-refractivity contribution in [1.29, 1.82) is 0 Å². The quantitative estimate of drug-likeness (QED) is 0.511. The van der Waals surface area contributed by atoms with Gasteiger partial charge in [0.05, 0.1) is 21.3 Å². The molecule has 2 unspecified atom stereocenters. The van der Waals surface area contributed by atoms with Gasteiger partial charge in [-0.05, 0) is 50.6 Å². The lowest BCUT2D eigenvalue weighted by Gasteiger charge is -2.45.